The molecule has 1 fully saturated rings. The van der Waals surface area contributed by atoms with Gasteiger partial charge in [-0.05, 0) is 23.6 Å². The number of ether oxygens (including phenoxy) is 2. The lowest BCUT2D eigenvalue weighted by Gasteiger charge is -2.41. The van der Waals surface area contributed by atoms with E-state index >= 15 is 0 Å². The highest BCUT2D eigenvalue weighted by atomic mass is 16.5. The maximum atomic E-state index is 13.3. The van der Waals surface area contributed by atoms with E-state index in [2.05, 4.69) is 25.2 Å². The molecule has 1 amide bonds. The second-order valence-electron chi connectivity index (χ2n) is 10.3. The second kappa shape index (κ2) is 13.7. The molecule has 0 aliphatic carbocycles. The van der Waals surface area contributed by atoms with Gasteiger partial charge in [0.2, 0.25) is 0 Å². The van der Waals surface area contributed by atoms with Gasteiger partial charge in [-0.15, -0.1) is 0 Å². The minimum atomic E-state index is -0.455. The zero-order chi connectivity index (χ0) is 29.3. The maximum absolute atomic E-state index is 13.3. The Morgan fingerprint density at radius 1 is 1.02 bits per heavy atom. The number of hydrogen-bond donors (Lipinski definition) is 2. The van der Waals surface area contributed by atoms with Crippen molar-refractivity contribution >= 4 is 23.4 Å². The summed E-state index contributed by atoms with van der Waals surface area (Å²) in [6.45, 7) is 3.14. The standard InChI is InChI=1S/C32H34N6O4/c1-41-20-24-18-38(19-24)28-12-13-34-16-26(28)15-29(39)30-31(33)36-17-27(37-30)25-9-7-22(8-10-25)11-14-35-32(40)42-21-23-5-3-2-4-6-23/h2-10,12-13,16-17,24H,11,14-15,18-21H2,1H3,(H2,33,36)(H,35,40). The average molecular weight is 567 g/mol. The number of benzene rings is 2. The SMILES string of the molecule is COCC1CN(c2ccncc2CC(=O)c2nc(-c3ccc(CCNC(=O)OCc4ccccc4)cc3)cnc2N)C1. The molecule has 0 atom stereocenters. The normalized spacial score (nSPS) is 12.9. The summed E-state index contributed by atoms with van der Waals surface area (Å²) in [5.74, 6) is 0.362. The van der Waals surface area contributed by atoms with Gasteiger partial charge in [-0.3, -0.25) is 9.78 Å². The number of anilines is 2. The highest BCUT2D eigenvalue weighted by Gasteiger charge is 2.29. The molecule has 3 heterocycles. The molecule has 10 nitrogen and oxygen atoms in total. The van der Waals surface area contributed by atoms with Gasteiger partial charge in [0.25, 0.3) is 0 Å². The molecule has 0 bridgehead atoms. The number of alkyl carbamates (subject to hydrolysis) is 1. The van der Waals surface area contributed by atoms with E-state index in [0.29, 0.717) is 24.6 Å². The monoisotopic (exact) mass is 566 g/mol. The Hall–Kier alpha value is -4.83. The lowest BCUT2D eigenvalue weighted by molar-refractivity contribution is 0.0988. The summed E-state index contributed by atoms with van der Waals surface area (Å²) < 4.78 is 10.5. The van der Waals surface area contributed by atoms with Crippen molar-refractivity contribution < 1.29 is 19.1 Å². The number of ketones is 1. The number of carbonyl (C=O) groups excluding carboxylic acids is 2. The van der Waals surface area contributed by atoms with Crippen LogP contribution in [0.5, 0.6) is 0 Å². The Kier molecular flexibility index (Phi) is 9.35. The number of rotatable bonds is 12. The maximum Gasteiger partial charge on any atom is 0.407 e. The van der Waals surface area contributed by atoms with E-state index < -0.39 is 6.09 Å². The van der Waals surface area contributed by atoms with Gasteiger partial charge < -0.3 is 25.4 Å². The number of pyridine rings is 1. The van der Waals surface area contributed by atoms with Gasteiger partial charge in [-0.1, -0.05) is 54.6 Å². The molecule has 0 radical (unpaired) electrons. The molecule has 216 valence electrons. The number of aromatic nitrogens is 3. The van der Waals surface area contributed by atoms with Crippen molar-refractivity contribution in [3.05, 3.63) is 102 Å². The van der Waals surface area contributed by atoms with Crippen LogP contribution in [0, 0.1) is 5.92 Å². The first-order valence-corrected chi connectivity index (χ1v) is 13.9. The minimum Gasteiger partial charge on any atom is -0.445 e. The molecule has 3 N–H and O–H groups in total. The molecule has 1 aliphatic heterocycles. The molecule has 1 saturated heterocycles. The number of Topliss-reactive ketones (excluding diaryl/α,β-unsaturated/α-hetero) is 1. The molecule has 42 heavy (non-hydrogen) atoms. The van der Waals surface area contributed by atoms with Crippen molar-refractivity contribution in [2.45, 2.75) is 19.4 Å². The van der Waals surface area contributed by atoms with Gasteiger partial charge in [-0.2, -0.15) is 0 Å². The molecule has 5 rings (SSSR count). The molecular formula is C32H34N6O4. The fourth-order valence-electron chi connectivity index (χ4n) is 4.90. The summed E-state index contributed by atoms with van der Waals surface area (Å²) in [5.41, 5.74) is 11.4. The average Bonchev–Trinajstić information content (AvgIpc) is 2.99. The molecule has 1 aliphatic rings. The molecule has 0 saturated carbocycles. The Balaban J connectivity index is 1.17. The Morgan fingerprint density at radius 3 is 2.57 bits per heavy atom. The molecule has 2 aromatic heterocycles. The van der Waals surface area contributed by atoms with Gasteiger partial charge in [-0.25, -0.2) is 14.8 Å². The number of hydrogen-bond acceptors (Lipinski definition) is 9. The molecule has 2 aromatic carbocycles. The minimum absolute atomic E-state index is 0.0974. The third-order valence-corrected chi connectivity index (χ3v) is 7.14. The quantitative estimate of drug-likeness (QED) is 0.243. The van der Waals surface area contributed by atoms with Crippen LogP contribution in [0.2, 0.25) is 0 Å². The number of nitrogens with zero attached hydrogens (tertiary/aromatic N) is 4. The van der Waals surface area contributed by atoms with Crippen molar-refractivity contribution in [1.82, 2.24) is 20.3 Å². The fourth-order valence-corrected chi connectivity index (χ4v) is 4.90. The fraction of sp³-hybridized carbons (Fsp3) is 0.281. The lowest BCUT2D eigenvalue weighted by atomic mass is 9.97. The molecule has 10 heteroatoms. The predicted molar refractivity (Wildman–Crippen MR) is 160 cm³/mol. The molecule has 0 spiro atoms. The first-order valence-electron chi connectivity index (χ1n) is 13.9. The highest BCUT2D eigenvalue weighted by Crippen LogP contribution is 2.29. The summed E-state index contributed by atoms with van der Waals surface area (Å²) in [6, 6.07) is 19.2. The van der Waals surface area contributed by atoms with E-state index in [1.807, 2.05) is 60.7 Å². The van der Waals surface area contributed by atoms with Crippen molar-refractivity contribution in [2.24, 2.45) is 5.92 Å². The number of nitrogen functional groups attached to an aromatic ring is 1. The van der Waals surface area contributed by atoms with Crippen molar-refractivity contribution in [3.63, 3.8) is 0 Å². The van der Waals surface area contributed by atoms with E-state index in [4.69, 9.17) is 15.2 Å². The topological polar surface area (TPSA) is 133 Å². The van der Waals surface area contributed by atoms with Gasteiger partial charge in [0.1, 0.15) is 12.3 Å². The second-order valence-corrected chi connectivity index (χ2v) is 10.3. The van der Waals surface area contributed by atoms with E-state index in [-0.39, 0.29) is 30.3 Å². The van der Waals surface area contributed by atoms with Crippen LogP contribution < -0.4 is 16.0 Å². The van der Waals surface area contributed by atoms with Gasteiger partial charge in [0, 0.05) is 68.3 Å². The Labute approximate surface area is 244 Å². The largest absolute Gasteiger partial charge is 0.445 e. The molecular weight excluding hydrogens is 532 g/mol. The lowest BCUT2D eigenvalue weighted by Crippen LogP contribution is -2.49. The van der Waals surface area contributed by atoms with E-state index in [0.717, 1.165) is 47.6 Å². The summed E-state index contributed by atoms with van der Waals surface area (Å²) in [6.07, 6.45) is 5.32. The van der Waals surface area contributed by atoms with Gasteiger partial charge >= 0.3 is 6.09 Å². The Bertz CT molecular complexity index is 1510. The van der Waals surface area contributed by atoms with E-state index in [1.54, 1.807) is 25.7 Å². The first-order chi connectivity index (χ1) is 20.5. The number of nitrogens with one attached hydrogen (secondary N) is 1. The Morgan fingerprint density at radius 2 is 1.81 bits per heavy atom. The number of carbonyl (C=O) groups is 2. The van der Waals surface area contributed by atoms with Crippen LogP contribution in [0.15, 0.2) is 79.3 Å². The van der Waals surface area contributed by atoms with Crippen LogP contribution in [0.4, 0.5) is 16.3 Å². The van der Waals surface area contributed by atoms with Crippen LogP contribution in [0.1, 0.15) is 27.2 Å². The van der Waals surface area contributed by atoms with Crippen LogP contribution in [-0.4, -0.2) is 60.2 Å². The third-order valence-electron chi connectivity index (χ3n) is 7.14. The van der Waals surface area contributed by atoms with Gasteiger partial charge in [0.05, 0.1) is 18.5 Å². The van der Waals surface area contributed by atoms with Crippen LogP contribution in [-0.2, 0) is 28.9 Å². The summed E-state index contributed by atoms with van der Waals surface area (Å²) in [4.78, 5) is 40.6. The number of amides is 1. The van der Waals surface area contributed by atoms with Crippen molar-refractivity contribution in [1.29, 1.82) is 0 Å². The predicted octanol–water partition coefficient (Wildman–Crippen LogP) is 4.10. The smallest absolute Gasteiger partial charge is 0.407 e. The van der Waals surface area contributed by atoms with E-state index in [1.165, 1.54) is 0 Å². The molecule has 4 aromatic rings. The summed E-state index contributed by atoms with van der Waals surface area (Å²) >= 11 is 0. The number of methoxy groups -OCH3 is 1. The summed E-state index contributed by atoms with van der Waals surface area (Å²) in [5, 5.41) is 2.77. The van der Waals surface area contributed by atoms with Crippen molar-refractivity contribution in [2.75, 3.05) is 44.0 Å². The van der Waals surface area contributed by atoms with E-state index in [9.17, 15) is 9.59 Å². The zero-order valence-electron chi connectivity index (χ0n) is 23.5. The van der Waals surface area contributed by atoms with Crippen LogP contribution in [0.3, 0.4) is 0 Å². The summed E-state index contributed by atoms with van der Waals surface area (Å²) in [7, 11) is 1.71. The zero-order valence-corrected chi connectivity index (χ0v) is 23.5. The van der Waals surface area contributed by atoms with Gasteiger partial charge in [0.15, 0.2) is 11.6 Å². The first kappa shape index (κ1) is 28.7. The van der Waals surface area contributed by atoms with Crippen LogP contribution in [0.25, 0.3) is 11.3 Å². The van der Waals surface area contributed by atoms with Crippen LogP contribution >= 0.6 is 0 Å². The number of nitrogens with two attached hydrogens (primary N) is 1. The third kappa shape index (κ3) is 7.27. The highest BCUT2D eigenvalue weighted by molar-refractivity contribution is 6.00. The van der Waals surface area contributed by atoms with Crippen molar-refractivity contribution in [3.8, 4) is 11.3 Å². The molecule has 0 unspecified atom stereocenters.